The maximum absolute atomic E-state index is 12.7. The van der Waals surface area contributed by atoms with Crippen molar-refractivity contribution in [1.29, 1.82) is 0 Å². The second-order valence-corrected chi connectivity index (χ2v) is 14.4. The van der Waals surface area contributed by atoms with Crippen molar-refractivity contribution >= 4 is 110 Å². The fourth-order valence-corrected chi connectivity index (χ4v) is 5.86. The van der Waals surface area contributed by atoms with Crippen LogP contribution in [0.1, 0.15) is 15.9 Å². The molecule has 1 radical (unpaired) electrons. The van der Waals surface area contributed by atoms with Gasteiger partial charge in [0, 0.05) is 78.6 Å². The minimum atomic E-state index is -0.390. The molecule has 0 bridgehead atoms. The number of benzene rings is 8. The molecule has 0 atom stereocenters. The van der Waals surface area contributed by atoms with E-state index in [0.29, 0.717) is 60.0 Å². The molecule has 66 heavy (non-hydrogen) atoms. The maximum atomic E-state index is 12.7. The molecule has 1 N–H and O–H groups in total. The first-order valence-corrected chi connectivity index (χ1v) is 20.2. The summed E-state index contributed by atoms with van der Waals surface area (Å²) in [5.41, 5.74) is 0.682. The third-order valence-electron chi connectivity index (χ3n) is 8.12. The van der Waals surface area contributed by atoms with E-state index in [1.54, 1.807) is 66.7 Å². The molecule has 9 nitrogen and oxygen atoms in total. The summed E-state index contributed by atoms with van der Waals surface area (Å²) in [6.45, 7) is -0.181. The summed E-state index contributed by atoms with van der Waals surface area (Å²) in [6.07, 6.45) is 0. The number of phenols is 1. The first kappa shape index (κ1) is 56.5. The normalized spacial score (nSPS) is 9.61. The van der Waals surface area contributed by atoms with Gasteiger partial charge in [-0.15, -0.1) is 0 Å². The number of phenolic OH excluding ortho intramolecular Hbond substituents is 1. The summed E-state index contributed by atoms with van der Waals surface area (Å²) in [6, 6.07) is 55.5. The molecule has 0 heterocycles. The molecule has 8 aromatic carbocycles. The fraction of sp³-hybridized carbons (Fsp3) is 0. The van der Waals surface area contributed by atoms with Gasteiger partial charge in [-0.2, -0.15) is 0 Å². The Hall–Kier alpha value is -3.78. The number of ketones is 1. The predicted octanol–water partition coefficient (Wildman–Crippen LogP) is 11.0. The molecule has 0 aromatic heterocycles. The van der Waals surface area contributed by atoms with E-state index in [1.165, 1.54) is 30.3 Å². The van der Waals surface area contributed by atoms with Crippen molar-refractivity contribution in [1.82, 2.24) is 0 Å². The van der Waals surface area contributed by atoms with E-state index < -0.39 is 5.82 Å². The van der Waals surface area contributed by atoms with Crippen molar-refractivity contribution < 1.29 is 99.6 Å². The quantitative estimate of drug-likeness (QED) is 0.0443. The molecule has 0 aliphatic rings. The first-order chi connectivity index (χ1) is 31.0. The molecule has 0 amide bonds. The Labute approximate surface area is 485 Å². The van der Waals surface area contributed by atoms with Crippen LogP contribution in [-0.2, 0) is 9.68 Å². The van der Waals surface area contributed by atoms with Crippen molar-refractivity contribution in [3.63, 3.8) is 0 Å². The van der Waals surface area contributed by atoms with Gasteiger partial charge in [0.25, 0.3) is 6.47 Å². The Bertz CT molecular complexity index is 2690. The smallest absolute Gasteiger partial charge is 0.662 e. The predicted molar refractivity (Wildman–Crippen MR) is 250 cm³/mol. The summed E-state index contributed by atoms with van der Waals surface area (Å²) in [5, 5.41) is 19.3. The summed E-state index contributed by atoms with van der Waals surface area (Å²) in [7, 11) is 0. The van der Waals surface area contributed by atoms with E-state index in [9.17, 15) is 9.18 Å². The molecule has 0 saturated carbocycles. The van der Waals surface area contributed by atoms with Gasteiger partial charge in [-0.1, -0.05) is 82.8 Å². The minimum absolute atomic E-state index is 0. The summed E-state index contributed by atoms with van der Waals surface area (Å²) < 4.78 is 35.7. The van der Waals surface area contributed by atoms with Crippen molar-refractivity contribution in [2.24, 2.45) is 0 Å². The second-order valence-electron chi connectivity index (χ2n) is 12.7. The zero-order valence-corrected chi connectivity index (χ0v) is 44.4. The molecule has 0 saturated heterocycles. The zero-order chi connectivity index (χ0) is 45.7. The largest absolute Gasteiger partial charge is 1.00 e. The van der Waals surface area contributed by atoms with E-state index in [0.717, 1.165) is 17.2 Å². The number of rotatable bonds is 11. The van der Waals surface area contributed by atoms with Gasteiger partial charge in [0.2, 0.25) is 0 Å². The van der Waals surface area contributed by atoms with Gasteiger partial charge in [-0.05, 0) is 152 Å². The SMILES string of the molecule is Clc1ccc(Cl)c(Oc2ccc(Oc3ccc(Oc4ccccc4)cc3)cc2)c1.O=C(c1ccc(F)cc1)c1cc(Cl)ccc1Cl.O=CO[O-].Oc1ccc(Oc2ccccc2)cc1.[K+].[K]. The van der Waals surface area contributed by atoms with Crippen molar-refractivity contribution in [3.8, 4) is 51.7 Å². The number of hydrogen-bond acceptors (Lipinski definition) is 9. The average molecular weight is 1020 g/mol. The van der Waals surface area contributed by atoms with E-state index in [1.807, 2.05) is 97.1 Å². The number of para-hydroxylation sites is 2. The van der Waals surface area contributed by atoms with Crippen LogP contribution >= 0.6 is 46.4 Å². The molecule has 0 unspecified atom stereocenters. The third kappa shape index (κ3) is 19.8. The molecule has 16 heteroatoms. The molecule has 8 aromatic rings. The number of halogens is 5. The molecular weight excluding hydrogens is 984 g/mol. The summed E-state index contributed by atoms with van der Waals surface area (Å²) in [4.78, 5) is 23.3. The number of aromatic hydroxyl groups is 1. The molecule has 0 aliphatic carbocycles. The van der Waals surface area contributed by atoms with E-state index in [2.05, 4.69) is 4.89 Å². The van der Waals surface area contributed by atoms with Crippen LogP contribution in [0.3, 0.4) is 0 Å². The van der Waals surface area contributed by atoms with Crippen LogP contribution in [0.5, 0.6) is 51.7 Å². The Morgan fingerprint density at radius 1 is 0.500 bits per heavy atom. The molecule has 325 valence electrons. The minimum Gasteiger partial charge on any atom is -0.662 e. The molecule has 8 rings (SSSR count). The van der Waals surface area contributed by atoms with Crippen LogP contribution in [-0.4, -0.2) is 68.7 Å². The van der Waals surface area contributed by atoms with Crippen LogP contribution in [0.4, 0.5) is 4.39 Å². The topological polar surface area (TPSA) is 124 Å². The van der Waals surface area contributed by atoms with Gasteiger partial charge in [0.1, 0.15) is 57.6 Å². The van der Waals surface area contributed by atoms with Crippen LogP contribution in [0.2, 0.25) is 20.1 Å². The number of ether oxygens (including phenoxy) is 4. The van der Waals surface area contributed by atoms with Crippen LogP contribution in [0.15, 0.2) is 194 Å². The summed E-state index contributed by atoms with van der Waals surface area (Å²) >= 11 is 23.8. The fourth-order valence-electron chi connectivity index (χ4n) is 5.16. The van der Waals surface area contributed by atoms with Crippen molar-refractivity contribution in [2.75, 3.05) is 0 Å². The Morgan fingerprint density at radius 2 is 0.864 bits per heavy atom. The zero-order valence-electron chi connectivity index (χ0n) is 35.2. The van der Waals surface area contributed by atoms with Gasteiger partial charge < -0.3 is 34.2 Å². The standard InChI is InChI=1S/C24H16Cl2O3.C13H7Cl2FO.C12H10O2.CH2O3.2K/c25-17-6-15-23(26)24(16-17)29-22-13-11-21(12-14-22)28-20-9-7-19(8-10-20)27-18-4-2-1-3-5-18;14-9-3-6-12(15)11(7-9)13(17)8-1-4-10(16)5-2-8;13-10-6-8-12(9-7-10)14-11-4-2-1-3-5-11;2-1-4-3;;/h1-16H;1-7H;1-9,13H;1,3H;;/q;;;;;+1/p-1. The number of carbonyl (C=O) groups excluding carboxylic acids is 2. The van der Waals surface area contributed by atoms with E-state index in [4.69, 9.17) is 80.5 Å². The average Bonchev–Trinajstić information content (AvgIpc) is 3.32. The van der Waals surface area contributed by atoms with Crippen LogP contribution in [0.25, 0.3) is 0 Å². The third-order valence-corrected chi connectivity index (χ3v) is 9.23. The maximum Gasteiger partial charge on any atom is 1.00 e. The molecular formula is C50H34Cl4FK2O9. The molecule has 0 aliphatic heterocycles. The number of carbonyl (C=O) groups is 2. The molecule has 0 fully saturated rings. The van der Waals surface area contributed by atoms with Gasteiger partial charge in [0.15, 0.2) is 5.78 Å². The molecule has 0 spiro atoms. The Morgan fingerprint density at radius 3 is 1.29 bits per heavy atom. The van der Waals surface area contributed by atoms with Crippen LogP contribution < -0.4 is 75.6 Å². The van der Waals surface area contributed by atoms with Gasteiger partial charge >= 0.3 is 51.4 Å². The Balaban J connectivity index is 0.000000267. The van der Waals surface area contributed by atoms with Gasteiger partial charge in [-0.25, -0.2) is 4.39 Å². The van der Waals surface area contributed by atoms with Gasteiger partial charge in [-0.3, -0.25) is 9.59 Å². The Kier molecular flexibility index (Phi) is 26.2. The van der Waals surface area contributed by atoms with E-state index in [-0.39, 0.29) is 121 Å². The monoisotopic (exact) mass is 1020 g/mol. The van der Waals surface area contributed by atoms with E-state index >= 15 is 0 Å². The summed E-state index contributed by atoms with van der Waals surface area (Å²) in [5.74, 6) is 5.13. The van der Waals surface area contributed by atoms with Crippen LogP contribution in [0, 0.1) is 5.82 Å². The van der Waals surface area contributed by atoms with Gasteiger partial charge in [0.05, 0.1) is 10.0 Å². The first-order valence-electron chi connectivity index (χ1n) is 18.7. The number of hydrogen-bond donors (Lipinski definition) is 1. The van der Waals surface area contributed by atoms with Crippen molar-refractivity contribution in [3.05, 3.63) is 231 Å². The van der Waals surface area contributed by atoms with Crippen molar-refractivity contribution in [2.45, 2.75) is 0 Å². The second kappa shape index (κ2) is 30.6.